The second kappa shape index (κ2) is 7.64. The fourth-order valence-corrected chi connectivity index (χ4v) is 3.46. The van der Waals surface area contributed by atoms with Gasteiger partial charge in [-0.3, -0.25) is 0 Å². The molecule has 0 amide bonds. The standard InChI is InChI=1S/C20H19F4N3O2/c21-18-4-3-15(9-17(18)20(22,23)24)29-16-7-13(8-16)26-10-12-1-2-14(11-28)27-6-5-25-19(12)27/h1-6,9,13,16,26,28H,7-8,10-11H2/t13-,16-. The van der Waals surface area contributed by atoms with Gasteiger partial charge in [0.05, 0.1) is 12.2 Å². The highest BCUT2D eigenvalue weighted by Gasteiger charge is 2.35. The molecule has 29 heavy (non-hydrogen) atoms. The van der Waals surface area contributed by atoms with E-state index in [1.54, 1.807) is 12.4 Å². The SMILES string of the molecule is OCc1ccc(CN[C@H]2C[C@H](Oc3ccc(F)c(C(F)(F)F)c3)C2)c2nccn12. The maximum absolute atomic E-state index is 13.4. The predicted octanol–water partition coefficient (Wildman–Crippen LogP) is 3.68. The largest absolute Gasteiger partial charge is 0.490 e. The Morgan fingerprint density at radius 3 is 2.72 bits per heavy atom. The zero-order valence-corrected chi connectivity index (χ0v) is 15.3. The zero-order valence-electron chi connectivity index (χ0n) is 15.3. The topological polar surface area (TPSA) is 58.8 Å². The molecule has 1 fully saturated rings. The van der Waals surface area contributed by atoms with Crippen LogP contribution in [0.15, 0.2) is 42.7 Å². The van der Waals surface area contributed by atoms with Gasteiger partial charge < -0.3 is 19.6 Å². The van der Waals surface area contributed by atoms with Crippen molar-refractivity contribution in [1.29, 1.82) is 0 Å². The van der Waals surface area contributed by atoms with E-state index in [-0.39, 0.29) is 24.5 Å². The van der Waals surface area contributed by atoms with Crippen molar-refractivity contribution in [2.24, 2.45) is 0 Å². The number of fused-ring (bicyclic) bond motifs is 1. The highest BCUT2D eigenvalue weighted by Crippen LogP contribution is 2.35. The minimum absolute atomic E-state index is 0.0147. The molecule has 5 nitrogen and oxygen atoms in total. The van der Waals surface area contributed by atoms with Crippen LogP contribution in [0.2, 0.25) is 0 Å². The van der Waals surface area contributed by atoms with Crippen LogP contribution in [0.3, 0.4) is 0 Å². The van der Waals surface area contributed by atoms with E-state index in [1.165, 1.54) is 6.07 Å². The number of hydrogen-bond donors (Lipinski definition) is 2. The Morgan fingerprint density at radius 1 is 1.21 bits per heavy atom. The van der Waals surface area contributed by atoms with Gasteiger partial charge in [-0.15, -0.1) is 0 Å². The van der Waals surface area contributed by atoms with Crippen LogP contribution in [0, 0.1) is 5.82 Å². The smallest absolute Gasteiger partial charge is 0.419 e. The maximum Gasteiger partial charge on any atom is 0.419 e. The monoisotopic (exact) mass is 409 g/mol. The molecule has 1 aromatic carbocycles. The van der Waals surface area contributed by atoms with Gasteiger partial charge in [0.15, 0.2) is 0 Å². The summed E-state index contributed by atoms with van der Waals surface area (Å²) in [6, 6.07) is 6.60. The number of ether oxygens (including phenoxy) is 1. The number of aliphatic hydroxyl groups is 1. The molecule has 0 atom stereocenters. The van der Waals surface area contributed by atoms with Crippen LogP contribution >= 0.6 is 0 Å². The van der Waals surface area contributed by atoms with Crippen LogP contribution in [-0.4, -0.2) is 26.6 Å². The van der Waals surface area contributed by atoms with Crippen molar-refractivity contribution in [2.45, 2.75) is 44.3 Å². The van der Waals surface area contributed by atoms with Crippen molar-refractivity contribution in [3.05, 3.63) is 65.4 Å². The first-order chi connectivity index (χ1) is 13.8. The van der Waals surface area contributed by atoms with Crippen LogP contribution in [0.25, 0.3) is 5.65 Å². The molecule has 3 aromatic rings. The summed E-state index contributed by atoms with van der Waals surface area (Å²) in [7, 11) is 0. The summed E-state index contributed by atoms with van der Waals surface area (Å²) in [5.41, 5.74) is 1.17. The summed E-state index contributed by atoms with van der Waals surface area (Å²) in [6.45, 7) is 0.486. The third-order valence-corrected chi connectivity index (χ3v) is 5.10. The van der Waals surface area contributed by atoms with Crippen molar-refractivity contribution >= 4 is 5.65 Å². The molecule has 0 unspecified atom stereocenters. The molecule has 0 saturated heterocycles. The van der Waals surface area contributed by atoms with Gasteiger partial charge in [-0.2, -0.15) is 13.2 Å². The van der Waals surface area contributed by atoms with E-state index in [9.17, 15) is 22.7 Å². The van der Waals surface area contributed by atoms with E-state index in [0.29, 0.717) is 25.5 Å². The number of benzene rings is 1. The minimum atomic E-state index is -4.75. The van der Waals surface area contributed by atoms with Crippen LogP contribution < -0.4 is 10.1 Å². The Balaban J connectivity index is 1.32. The lowest BCUT2D eigenvalue weighted by Gasteiger charge is -2.36. The molecule has 1 aliphatic carbocycles. The van der Waals surface area contributed by atoms with E-state index in [0.717, 1.165) is 23.0 Å². The van der Waals surface area contributed by atoms with Crippen molar-refractivity contribution < 1.29 is 27.4 Å². The van der Waals surface area contributed by atoms with Gasteiger partial charge in [0.1, 0.15) is 23.3 Å². The lowest BCUT2D eigenvalue weighted by molar-refractivity contribution is -0.140. The van der Waals surface area contributed by atoms with Gasteiger partial charge in [-0.05, 0) is 37.1 Å². The van der Waals surface area contributed by atoms with Crippen molar-refractivity contribution in [2.75, 3.05) is 0 Å². The normalized spacial score (nSPS) is 19.3. The first-order valence-electron chi connectivity index (χ1n) is 9.16. The van der Waals surface area contributed by atoms with Gasteiger partial charge >= 0.3 is 6.18 Å². The Morgan fingerprint density at radius 2 is 2.00 bits per heavy atom. The van der Waals surface area contributed by atoms with Gasteiger partial charge in [-0.1, -0.05) is 6.07 Å². The van der Waals surface area contributed by atoms with Gasteiger partial charge in [0.2, 0.25) is 0 Å². The molecule has 4 rings (SSSR count). The van der Waals surface area contributed by atoms with E-state index in [1.807, 2.05) is 16.5 Å². The number of pyridine rings is 1. The minimum Gasteiger partial charge on any atom is -0.490 e. The molecule has 154 valence electrons. The van der Waals surface area contributed by atoms with E-state index < -0.39 is 17.6 Å². The van der Waals surface area contributed by atoms with Gasteiger partial charge in [-0.25, -0.2) is 9.37 Å². The van der Waals surface area contributed by atoms with Crippen LogP contribution in [0.1, 0.15) is 29.7 Å². The molecule has 0 aliphatic heterocycles. The highest BCUT2D eigenvalue weighted by atomic mass is 19.4. The van der Waals surface area contributed by atoms with Crippen LogP contribution in [0.4, 0.5) is 17.6 Å². The van der Waals surface area contributed by atoms with Crippen LogP contribution in [0.5, 0.6) is 5.75 Å². The third-order valence-electron chi connectivity index (χ3n) is 5.10. The molecule has 2 N–H and O–H groups in total. The molecule has 0 spiro atoms. The number of rotatable bonds is 6. The first kappa shape index (κ1) is 19.7. The van der Waals surface area contributed by atoms with E-state index >= 15 is 0 Å². The fourth-order valence-electron chi connectivity index (χ4n) is 3.46. The summed E-state index contributed by atoms with van der Waals surface area (Å²) in [5.74, 6) is -1.30. The average molecular weight is 409 g/mol. The van der Waals surface area contributed by atoms with Crippen LogP contribution in [-0.2, 0) is 19.3 Å². The van der Waals surface area contributed by atoms with Crippen molar-refractivity contribution in [1.82, 2.24) is 14.7 Å². The van der Waals surface area contributed by atoms with Gasteiger partial charge in [0.25, 0.3) is 0 Å². The number of halogens is 4. The maximum atomic E-state index is 13.4. The summed E-state index contributed by atoms with van der Waals surface area (Å²) in [5, 5.41) is 12.8. The van der Waals surface area contributed by atoms with Crippen molar-refractivity contribution in [3.63, 3.8) is 0 Å². The molecule has 2 heterocycles. The Labute approximate surface area is 163 Å². The highest BCUT2D eigenvalue weighted by molar-refractivity contribution is 5.49. The second-order valence-corrected chi connectivity index (χ2v) is 7.06. The number of alkyl halides is 3. The second-order valence-electron chi connectivity index (χ2n) is 7.06. The molecule has 0 radical (unpaired) electrons. The lowest BCUT2D eigenvalue weighted by Crippen LogP contribution is -2.46. The predicted molar refractivity (Wildman–Crippen MR) is 96.8 cm³/mol. The van der Waals surface area contributed by atoms with E-state index in [2.05, 4.69) is 10.3 Å². The molecule has 1 saturated carbocycles. The average Bonchev–Trinajstić information content (AvgIpc) is 3.13. The molecule has 9 heteroatoms. The quantitative estimate of drug-likeness (QED) is 0.610. The van der Waals surface area contributed by atoms with Crippen molar-refractivity contribution in [3.8, 4) is 5.75 Å². The fraction of sp³-hybridized carbons (Fsp3) is 0.350. The molecule has 2 aromatic heterocycles. The summed E-state index contributed by atoms with van der Waals surface area (Å²) < 4.78 is 59.1. The molecule has 0 bridgehead atoms. The number of aliphatic hydroxyl groups excluding tert-OH is 1. The Hall–Kier alpha value is -2.65. The number of aromatic nitrogens is 2. The summed E-state index contributed by atoms with van der Waals surface area (Å²) in [4.78, 5) is 4.32. The Bertz CT molecular complexity index is 1010. The third kappa shape index (κ3) is 4.06. The molecular weight excluding hydrogens is 390 g/mol. The lowest BCUT2D eigenvalue weighted by atomic mass is 9.89. The zero-order chi connectivity index (χ0) is 20.6. The number of nitrogens with one attached hydrogen (secondary N) is 1. The summed E-state index contributed by atoms with van der Waals surface area (Å²) >= 11 is 0. The molecular formula is C20H19F4N3O2. The summed E-state index contributed by atoms with van der Waals surface area (Å²) in [6.07, 6.45) is -0.242. The number of imidazole rings is 1. The Kier molecular flexibility index (Phi) is 5.18. The molecule has 1 aliphatic rings. The first-order valence-corrected chi connectivity index (χ1v) is 9.16. The number of hydrogen-bond acceptors (Lipinski definition) is 4. The number of nitrogens with zero attached hydrogens (tertiary/aromatic N) is 2. The van der Waals surface area contributed by atoms with E-state index in [4.69, 9.17) is 4.74 Å². The van der Waals surface area contributed by atoms with Gasteiger partial charge in [0, 0.05) is 36.2 Å².